The summed E-state index contributed by atoms with van der Waals surface area (Å²) in [5, 5.41) is 17.0. The highest BCUT2D eigenvalue weighted by atomic mass is 32.2. The third kappa shape index (κ3) is 4.53. The Kier molecular flexibility index (Phi) is 5.85. The predicted molar refractivity (Wildman–Crippen MR) is 68.3 cm³/mol. The van der Waals surface area contributed by atoms with Crippen molar-refractivity contribution in [1.82, 2.24) is 20.1 Å². The largest absolute Gasteiger partial charge is 0.588 e. The summed E-state index contributed by atoms with van der Waals surface area (Å²) in [5.41, 5.74) is 1.83. The van der Waals surface area contributed by atoms with E-state index in [2.05, 4.69) is 26.7 Å². The lowest BCUT2D eigenvalue weighted by atomic mass is 10.3. The van der Waals surface area contributed by atoms with E-state index in [9.17, 15) is 9.35 Å². The molecule has 0 fully saturated rings. The molecule has 7 nitrogen and oxygen atoms in total. The average Bonchev–Trinajstić information content (AvgIpc) is 2.84. The van der Waals surface area contributed by atoms with Gasteiger partial charge in [-0.3, -0.25) is 0 Å². The maximum Gasteiger partial charge on any atom is 0.542 e. The van der Waals surface area contributed by atoms with Crippen LogP contribution in [0.3, 0.4) is 0 Å². The molecular formula is C10H12N4O3S. The molecule has 96 valence electrons. The van der Waals surface area contributed by atoms with Crippen LogP contribution in [0, 0.1) is 0 Å². The number of para-hydroxylation sites is 2. The minimum atomic E-state index is -1.98. The lowest BCUT2D eigenvalue weighted by Gasteiger charge is -2.00. The van der Waals surface area contributed by atoms with E-state index >= 15 is 0 Å². The first-order chi connectivity index (χ1) is 8.65. The summed E-state index contributed by atoms with van der Waals surface area (Å²) in [6, 6.07) is 7.70. The second-order valence-corrected chi connectivity index (χ2v) is 4.16. The zero-order valence-corrected chi connectivity index (χ0v) is 10.2. The fourth-order valence-electron chi connectivity index (χ4n) is 0.982. The lowest BCUT2D eigenvalue weighted by Crippen LogP contribution is -2.29. The highest BCUT2D eigenvalue weighted by Crippen LogP contribution is 2.03. The van der Waals surface area contributed by atoms with Crippen molar-refractivity contribution in [2.24, 2.45) is 0 Å². The minimum Gasteiger partial charge on any atom is -0.588 e. The molecule has 18 heavy (non-hydrogen) atoms. The van der Waals surface area contributed by atoms with E-state index in [0.717, 1.165) is 11.0 Å². The van der Waals surface area contributed by atoms with Crippen LogP contribution in [0.1, 0.15) is 0 Å². The normalized spacial score (nSPS) is 11.4. The van der Waals surface area contributed by atoms with E-state index in [0.29, 0.717) is 0 Å². The first-order valence-corrected chi connectivity index (χ1v) is 6.04. The van der Waals surface area contributed by atoms with Crippen LogP contribution in [0.4, 0.5) is 4.79 Å². The van der Waals surface area contributed by atoms with E-state index < -0.39 is 16.7 Å². The maximum absolute atomic E-state index is 10.3. The van der Waals surface area contributed by atoms with Crippen LogP contribution in [-0.4, -0.2) is 36.9 Å². The van der Waals surface area contributed by atoms with Crippen molar-refractivity contribution in [3.8, 4) is 0 Å². The van der Waals surface area contributed by atoms with Gasteiger partial charge in [-0.25, -0.2) is 0 Å². The van der Waals surface area contributed by atoms with Gasteiger partial charge in [0.1, 0.15) is 11.0 Å². The van der Waals surface area contributed by atoms with Crippen molar-refractivity contribution in [1.29, 1.82) is 0 Å². The number of carbonyl (C=O) groups is 1. The molecule has 2 aromatic rings. The fourth-order valence-corrected chi connectivity index (χ4v) is 1.38. The van der Waals surface area contributed by atoms with Gasteiger partial charge in [0.25, 0.3) is 0 Å². The van der Waals surface area contributed by atoms with Gasteiger partial charge in [-0.1, -0.05) is 18.2 Å². The van der Waals surface area contributed by atoms with Gasteiger partial charge in [-0.15, -0.1) is 11.3 Å². The molecule has 0 aliphatic carbocycles. The molecule has 0 saturated heterocycles. The summed E-state index contributed by atoms with van der Waals surface area (Å²) in [7, 11) is 0. The molecule has 0 amide bonds. The summed E-state index contributed by atoms with van der Waals surface area (Å²) in [6.07, 6.45) is 1.43. The predicted octanol–water partition coefficient (Wildman–Crippen LogP) is 1.06. The van der Waals surface area contributed by atoms with E-state index in [1.54, 1.807) is 0 Å². The van der Waals surface area contributed by atoms with Crippen LogP contribution < -0.4 is 4.72 Å². The van der Waals surface area contributed by atoms with Crippen molar-refractivity contribution < 1.29 is 14.5 Å². The lowest BCUT2D eigenvalue weighted by molar-refractivity contribution is 0.219. The van der Waals surface area contributed by atoms with Crippen LogP contribution in [0.5, 0.6) is 0 Å². The Morgan fingerprint density at radius 3 is 2.50 bits per heavy atom. The Morgan fingerprint density at radius 1 is 1.50 bits per heavy atom. The number of rotatable bonds is 3. The van der Waals surface area contributed by atoms with Gasteiger partial charge in [0.05, 0.1) is 6.54 Å². The summed E-state index contributed by atoms with van der Waals surface area (Å²) in [5.74, 6) is 0. The van der Waals surface area contributed by atoms with Crippen LogP contribution in [0.15, 0.2) is 36.9 Å². The monoisotopic (exact) mass is 268 g/mol. The van der Waals surface area contributed by atoms with Crippen molar-refractivity contribution in [3.05, 3.63) is 36.9 Å². The van der Waals surface area contributed by atoms with Gasteiger partial charge < -0.3 is 9.66 Å². The van der Waals surface area contributed by atoms with Crippen molar-refractivity contribution in [3.63, 3.8) is 0 Å². The number of aromatic nitrogens is 3. The Balaban J connectivity index is 0.000000180. The molecule has 0 aliphatic rings. The third-order valence-electron chi connectivity index (χ3n) is 1.74. The Morgan fingerprint density at radius 2 is 2.06 bits per heavy atom. The van der Waals surface area contributed by atoms with E-state index in [-0.39, 0.29) is 6.54 Å². The number of nitrogens with one attached hydrogen (secondary N) is 2. The third-order valence-corrected chi connectivity index (χ3v) is 2.49. The molecule has 1 aromatic carbocycles. The molecule has 0 saturated carbocycles. The van der Waals surface area contributed by atoms with E-state index in [4.69, 9.17) is 5.11 Å². The minimum absolute atomic E-state index is 0.235. The molecular weight excluding hydrogens is 256 g/mol. The summed E-state index contributed by atoms with van der Waals surface area (Å²) in [6.45, 7) is 3.54. The molecule has 0 radical (unpaired) electrons. The fraction of sp³-hybridized carbons (Fsp3) is 0.100. The van der Waals surface area contributed by atoms with Crippen molar-refractivity contribution in [2.45, 2.75) is 0 Å². The van der Waals surface area contributed by atoms with Crippen LogP contribution in [0.2, 0.25) is 0 Å². The van der Waals surface area contributed by atoms with Crippen LogP contribution in [0.25, 0.3) is 11.0 Å². The molecule has 1 heterocycles. The number of H-pyrrole nitrogens is 1. The van der Waals surface area contributed by atoms with Crippen LogP contribution >= 0.6 is 0 Å². The highest BCUT2D eigenvalue weighted by Gasteiger charge is 2.15. The number of benzene rings is 1. The van der Waals surface area contributed by atoms with Gasteiger partial charge in [0.2, 0.25) is 0 Å². The first-order valence-electron chi connectivity index (χ1n) is 4.89. The number of nitrogens with zero attached hydrogens (tertiary/aromatic N) is 2. The molecule has 0 aliphatic heterocycles. The van der Waals surface area contributed by atoms with Gasteiger partial charge >= 0.3 is 5.30 Å². The molecule has 1 unspecified atom stereocenters. The molecule has 0 bridgehead atoms. The molecule has 3 N–H and O–H groups in total. The summed E-state index contributed by atoms with van der Waals surface area (Å²) in [4.78, 5) is 9.81. The first kappa shape index (κ1) is 14.2. The second kappa shape index (κ2) is 7.43. The van der Waals surface area contributed by atoms with Gasteiger partial charge in [-0.2, -0.15) is 20.2 Å². The average molecular weight is 268 g/mol. The molecule has 2 rings (SSSR count). The quantitative estimate of drug-likeness (QED) is 0.566. The number of hydrogen-bond donors (Lipinski definition) is 3. The Labute approximate surface area is 106 Å². The van der Waals surface area contributed by atoms with Crippen molar-refractivity contribution in [2.75, 3.05) is 6.54 Å². The zero-order chi connectivity index (χ0) is 13.4. The van der Waals surface area contributed by atoms with E-state index in [1.807, 2.05) is 24.3 Å². The highest BCUT2D eigenvalue weighted by molar-refractivity contribution is 8.03. The Bertz CT molecular complexity index is 486. The van der Waals surface area contributed by atoms with Gasteiger partial charge in [0, 0.05) is 0 Å². The number of aromatic amines is 1. The van der Waals surface area contributed by atoms with Crippen LogP contribution in [-0.2, 0) is 11.4 Å². The molecule has 8 heteroatoms. The number of fused-ring (bicyclic) bond motifs is 1. The standard InChI is InChI=1S/C6H5N3.C4H7NO3S/c1-2-4-6-5(3-1)7-9-8-6;1-2-3-5-9(8)4(6)7/h1-4H,(H,7,8,9);2,5H,1,3H2,(H,6,7). The molecule has 0 spiro atoms. The molecule has 1 aromatic heterocycles. The summed E-state index contributed by atoms with van der Waals surface area (Å²) >= 11 is -1.98. The number of carboxylic acid groups (broad SMARTS) is 1. The van der Waals surface area contributed by atoms with E-state index in [1.165, 1.54) is 6.08 Å². The second-order valence-electron chi connectivity index (χ2n) is 2.98. The maximum atomic E-state index is 10.3. The molecule has 1 atom stereocenters. The smallest absolute Gasteiger partial charge is 0.542 e. The number of hydrogen-bond acceptors (Lipinski definition) is 5. The van der Waals surface area contributed by atoms with Gasteiger partial charge in [-0.05, 0) is 12.1 Å². The Hall–Kier alpha value is -1.90. The summed E-state index contributed by atoms with van der Waals surface area (Å²) < 4.78 is 12.4. The SMILES string of the molecule is C=CCN[S+]([O-])C(=O)O.c1ccc2n[nH]nc2c1. The topological polar surface area (TPSA) is 114 Å². The van der Waals surface area contributed by atoms with Crippen molar-refractivity contribution >= 4 is 27.7 Å². The van der Waals surface area contributed by atoms with Gasteiger partial charge in [0.15, 0.2) is 11.4 Å². The zero-order valence-electron chi connectivity index (χ0n) is 9.37.